The third kappa shape index (κ3) is 4.28. The predicted octanol–water partition coefficient (Wildman–Crippen LogP) is 2.48. The van der Waals surface area contributed by atoms with E-state index in [2.05, 4.69) is 12.2 Å². The number of aliphatic hydroxyl groups excluding tert-OH is 1. The molecule has 0 fully saturated rings. The summed E-state index contributed by atoms with van der Waals surface area (Å²) in [5.74, 6) is -0.0479. The molecule has 4 heteroatoms. The van der Waals surface area contributed by atoms with Gasteiger partial charge in [-0.25, -0.2) is 0 Å². The minimum absolute atomic E-state index is 0.0479. The van der Waals surface area contributed by atoms with Crippen LogP contribution in [0.4, 0.5) is 5.69 Å². The van der Waals surface area contributed by atoms with Gasteiger partial charge in [0.2, 0.25) is 5.91 Å². The summed E-state index contributed by atoms with van der Waals surface area (Å²) >= 11 is 0. The molecule has 2 rings (SSSR count). The van der Waals surface area contributed by atoms with Gasteiger partial charge in [-0.1, -0.05) is 43.3 Å². The summed E-state index contributed by atoms with van der Waals surface area (Å²) in [5.41, 5.74) is 0.832. The molecule has 0 saturated carbocycles. The number of hydrogen-bond acceptors (Lipinski definition) is 3. The smallest absolute Gasteiger partial charge is 0.238 e. The van der Waals surface area contributed by atoms with Crippen LogP contribution in [0.2, 0.25) is 0 Å². The van der Waals surface area contributed by atoms with Crippen LogP contribution in [0.1, 0.15) is 13.3 Å². The van der Waals surface area contributed by atoms with Crippen molar-refractivity contribution in [3.8, 4) is 0 Å². The van der Waals surface area contributed by atoms with Crippen LogP contribution in [0, 0.1) is 0 Å². The first-order valence-corrected chi connectivity index (χ1v) is 7.35. The molecule has 1 amide bonds. The van der Waals surface area contributed by atoms with E-state index in [0.717, 1.165) is 29.4 Å². The van der Waals surface area contributed by atoms with Crippen LogP contribution < -0.4 is 5.32 Å². The molecule has 2 aromatic carbocycles. The molecule has 112 valence electrons. The second-order valence-corrected chi connectivity index (χ2v) is 5.07. The molecule has 0 aliphatic carbocycles. The molecule has 0 aromatic heterocycles. The number of aliphatic hydroxyl groups is 1. The van der Waals surface area contributed by atoms with Gasteiger partial charge >= 0.3 is 0 Å². The monoisotopic (exact) mass is 286 g/mol. The number of carbonyl (C=O) groups excluding carboxylic acids is 1. The number of anilines is 1. The summed E-state index contributed by atoms with van der Waals surface area (Å²) in [6.45, 7) is 3.77. The third-order valence-corrected chi connectivity index (χ3v) is 3.39. The average Bonchev–Trinajstić information content (AvgIpc) is 2.48. The zero-order valence-corrected chi connectivity index (χ0v) is 12.4. The highest BCUT2D eigenvalue weighted by molar-refractivity contribution is 6.02. The quantitative estimate of drug-likeness (QED) is 0.822. The van der Waals surface area contributed by atoms with Crippen LogP contribution in [0.15, 0.2) is 42.5 Å². The number of rotatable bonds is 7. The largest absolute Gasteiger partial charge is 0.395 e. The van der Waals surface area contributed by atoms with Crippen LogP contribution in [0.25, 0.3) is 10.8 Å². The Bertz CT molecular complexity index is 587. The molecular formula is C17H22N2O2. The van der Waals surface area contributed by atoms with Crippen molar-refractivity contribution in [2.45, 2.75) is 13.3 Å². The van der Waals surface area contributed by atoms with E-state index in [9.17, 15) is 4.79 Å². The normalized spacial score (nSPS) is 11.0. The first-order chi connectivity index (χ1) is 10.2. The number of carbonyl (C=O) groups is 1. The standard InChI is InChI=1S/C17H22N2O2/c1-2-10-19(11-12-20)13-17(21)18-16-9-5-7-14-6-3-4-8-15(14)16/h3-9,20H,2,10-13H2,1H3,(H,18,21). The molecule has 0 unspecified atom stereocenters. The van der Waals surface area contributed by atoms with Gasteiger partial charge in [-0.2, -0.15) is 0 Å². The molecule has 2 aromatic rings. The summed E-state index contributed by atoms with van der Waals surface area (Å²) in [5, 5.41) is 14.2. The fraction of sp³-hybridized carbons (Fsp3) is 0.353. The Morgan fingerprint density at radius 1 is 1.14 bits per heavy atom. The minimum atomic E-state index is -0.0479. The van der Waals surface area contributed by atoms with Crippen molar-refractivity contribution in [2.24, 2.45) is 0 Å². The van der Waals surface area contributed by atoms with E-state index in [4.69, 9.17) is 5.11 Å². The maximum atomic E-state index is 12.2. The molecule has 0 heterocycles. The van der Waals surface area contributed by atoms with E-state index >= 15 is 0 Å². The highest BCUT2D eigenvalue weighted by Crippen LogP contribution is 2.22. The summed E-state index contributed by atoms with van der Waals surface area (Å²) in [4.78, 5) is 14.1. The zero-order valence-electron chi connectivity index (χ0n) is 12.4. The van der Waals surface area contributed by atoms with Crippen molar-refractivity contribution < 1.29 is 9.90 Å². The summed E-state index contributed by atoms with van der Waals surface area (Å²) < 4.78 is 0. The van der Waals surface area contributed by atoms with E-state index in [1.807, 2.05) is 47.4 Å². The third-order valence-electron chi connectivity index (χ3n) is 3.39. The first-order valence-electron chi connectivity index (χ1n) is 7.35. The molecule has 4 nitrogen and oxygen atoms in total. The van der Waals surface area contributed by atoms with E-state index in [1.54, 1.807) is 0 Å². The van der Waals surface area contributed by atoms with Crippen LogP contribution in [0.5, 0.6) is 0 Å². The van der Waals surface area contributed by atoms with Gasteiger partial charge in [0.05, 0.1) is 13.2 Å². The molecule has 0 bridgehead atoms. The number of fused-ring (bicyclic) bond motifs is 1. The van der Waals surface area contributed by atoms with E-state index in [1.165, 1.54) is 0 Å². The lowest BCUT2D eigenvalue weighted by Crippen LogP contribution is -2.35. The fourth-order valence-electron chi connectivity index (χ4n) is 2.45. The van der Waals surface area contributed by atoms with Gasteiger partial charge in [0.25, 0.3) is 0 Å². The van der Waals surface area contributed by atoms with Gasteiger partial charge in [0.15, 0.2) is 0 Å². The molecule has 0 aliphatic rings. The Balaban J connectivity index is 2.07. The van der Waals surface area contributed by atoms with Crippen molar-refractivity contribution in [2.75, 3.05) is 31.6 Å². The molecule has 2 N–H and O–H groups in total. The van der Waals surface area contributed by atoms with E-state index < -0.39 is 0 Å². The molecule has 0 saturated heterocycles. The van der Waals surface area contributed by atoms with Gasteiger partial charge in [0, 0.05) is 17.6 Å². The Labute approximate surface area is 125 Å². The van der Waals surface area contributed by atoms with Crippen molar-refractivity contribution >= 4 is 22.4 Å². The molecule has 0 atom stereocenters. The highest BCUT2D eigenvalue weighted by atomic mass is 16.3. The Kier molecular flexibility index (Phi) is 5.72. The van der Waals surface area contributed by atoms with Crippen molar-refractivity contribution in [1.82, 2.24) is 4.90 Å². The lowest BCUT2D eigenvalue weighted by Gasteiger charge is -2.20. The molecule has 0 radical (unpaired) electrons. The Hall–Kier alpha value is -1.91. The predicted molar refractivity (Wildman–Crippen MR) is 86.4 cm³/mol. The number of hydrogen-bond donors (Lipinski definition) is 2. The lowest BCUT2D eigenvalue weighted by molar-refractivity contribution is -0.117. The van der Waals surface area contributed by atoms with Crippen molar-refractivity contribution in [3.05, 3.63) is 42.5 Å². The minimum Gasteiger partial charge on any atom is -0.395 e. The lowest BCUT2D eigenvalue weighted by atomic mass is 10.1. The summed E-state index contributed by atoms with van der Waals surface area (Å²) in [6.07, 6.45) is 0.960. The number of benzene rings is 2. The summed E-state index contributed by atoms with van der Waals surface area (Å²) in [7, 11) is 0. The second kappa shape index (κ2) is 7.76. The zero-order chi connectivity index (χ0) is 15.1. The van der Waals surface area contributed by atoms with Crippen molar-refractivity contribution in [1.29, 1.82) is 0 Å². The van der Waals surface area contributed by atoms with E-state index in [-0.39, 0.29) is 12.5 Å². The molecule has 21 heavy (non-hydrogen) atoms. The van der Waals surface area contributed by atoms with Crippen LogP contribution >= 0.6 is 0 Å². The van der Waals surface area contributed by atoms with Gasteiger partial charge in [-0.3, -0.25) is 9.69 Å². The summed E-state index contributed by atoms with van der Waals surface area (Å²) in [6, 6.07) is 13.9. The maximum absolute atomic E-state index is 12.2. The maximum Gasteiger partial charge on any atom is 0.238 e. The van der Waals surface area contributed by atoms with Gasteiger partial charge < -0.3 is 10.4 Å². The first kappa shape index (κ1) is 15.5. The number of nitrogens with one attached hydrogen (secondary N) is 1. The number of nitrogens with zero attached hydrogens (tertiary/aromatic N) is 1. The highest BCUT2D eigenvalue weighted by Gasteiger charge is 2.10. The van der Waals surface area contributed by atoms with Gasteiger partial charge in [0.1, 0.15) is 0 Å². The number of amides is 1. The van der Waals surface area contributed by atoms with Crippen LogP contribution in [0.3, 0.4) is 0 Å². The molecule has 0 spiro atoms. The van der Waals surface area contributed by atoms with Crippen LogP contribution in [-0.2, 0) is 4.79 Å². The van der Waals surface area contributed by atoms with Gasteiger partial charge in [-0.05, 0) is 24.4 Å². The topological polar surface area (TPSA) is 52.6 Å². The van der Waals surface area contributed by atoms with Crippen molar-refractivity contribution in [3.63, 3.8) is 0 Å². The van der Waals surface area contributed by atoms with Crippen LogP contribution in [-0.4, -0.2) is 42.2 Å². The fourth-order valence-corrected chi connectivity index (χ4v) is 2.45. The molecular weight excluding hydrogens is 264 g/mol. The Morgan fingerprint density at radius 3 is 2.67 bits per heavy atom. The van der Waals surface area contributed by atoms with Gasteiger partial charge in [-0.15, -0.1) is 0 Å². The molecule has 0 aliphatic heterocycles. The van der Waals surface area contributed by atoms with E-state index in [0.29, 0.717) is 13.1 Å². The second-order valence-electron chi connectivity index (χ2n) is 5.07. The Morgan fingerprint density at radius 2 is 1.90 bits per heavy atom. The SMILES string of the molecule is CCCN(CCO)CC(=O)Nc1cccc2ccccc12. The average molecular weight is 286 g/mol.